The molecule has 0 spiro atoms. The van der Waals surface area contributed by atoms with Gasteiger partial charge in [-0.2, -0.15) is 0 Å². The van der Waals surface area contributed by atoms with Crippen LogP contribution in [0.2, 0.25) is 0 Å². The van der Waals surface area contributed by atoms with Crippen LogP contribution in [0.5, 0.6) is 0 Å². The number of amides is 1. The van der Waals surface area contributed by atoms with Crippen molar-refractivity contribution in [2.45, 2.75) is 32.4 Å². The van der Waals surface area contributed by atoms with Gasteiger partial charge in [-0.15, -0.1) is 0 Å². The minimum atomic E-state index is -0.902. The summed E-state index contributed by atoms with van der Waals surface area (Å²) >= 11 is 0. The van der Waals surface area contributed by atoms with Gasteiger partial charge in [-0.1, -0.05) is 11.2 Å². The topological polar surface area (TPSA) is 70.1 Å². The van der Waals surface area contributed by atoms with E-state index in [0.29, 0.717) is 13.0 Å². The zero-order valence-corrected chi connectivity index (χ0v) is 14.6. The van der Waals surface area contributed by atoms with E-state index >= 15 is 0 Å². The van der Waals surface area contributed by atoms with Crippen molar-refractivity contribution in [3.63, 3.8) is 0 Å². The number of hydrogen-bond acceptors (Lipinski definition) is 6. The molecule has 1 atom stereocenters. The van der Waals surface area contributed by atoms with Crippen LogP contribution in [0.3, 0.4) is 0 Å². The molecule has 0 aliphatic carbocycles. The molecule has 1 fully saturated rings. The molecular weight excluding hydrogens is 306 g/mol. The summed E-state index contributed by atoms with van der Waals surface area (Å²) in [6.45, 7) is 8.00. The molecule has 7 heteroatoms. The number of nitrogens with zero attached hydrogens (tertiary/aromatic N) is 4. The van der Waals surface area contributed by atoms with Crippen LogP contribution < -0.4 is 10.2 Å². The van der Waals surface area contributed by atoms with Gasteiger partial charge in [0.2, 0.25) is 5.60 Å². The van der Waals surface area contributed by atoms with Gasteiger partial charge in [0.15, 0.2) is 0 Å². The number of carbonyl (C=O) groups excluding carboxylic acids is 1. The molecule has 24 heavy (non-hydrogen) atoms. The fourth-order valence-corrected chi connectivity index (χ4v) is 3.09. The number of oxime groups is 1. The number of carbonyl (C=O) groups is 1. The van der Waals surface area contributed by atoms with E-state index in [9.17, 15) is 4.79 Å². The first-order chi connectivity index (χ1) is 11.5. The highest BCUT2D eigenvalue weighted by atomic mass is 16.7. The van der Waals surface area contributed by atoms with E-state index < -0.39 is 5.60 Å². The summed E-state index contributed by atoms with van der Waals surface area (Å²) in [5.74, 6) is 0.812. The maximum absolute atomic E-state index is 12.5. The lowest BCUT2D eigenvalue weighted by Crippen LogP contribution is -2.46. The third-order valence-corrected chi connectivity index (χ3v) is 4.59. The second-order valence-corrected chi connectivity index (χ2v) is 6.78. The molecule has 1 unspecified atom stereocenters. The lowest BCUT2D eigenvalue weighted by molar-refractivity contribution is -0.141. The first-order valence-corrected chi connectivity index (χ1v) is 8.35. The van der Waals surface area contributed by atoms with Crippen LogP contribution >= 0.6 is 0 Å². The maximum Gasteiger partial charge on any atom is 0.267 e. The summed E-state index contributed by atoms with van der Waals surface area (Å²) < 4.78 is 0. The molecule has 2 aliphatic rings. The largest absolute Gasteiger partial charge is 0.379 e. The Kier molecular flexibility index (Phi) is 4.71. The fourth-order valence-electron chi connectivity index (χ4n) is 3.09. The van der Waals surface area contributed by atoms with E-state index in [0.717, 1.165) is 43.3 Å². The monoisotopic (exact) mass is 331 g/mol. The van der Waals surface area contributed by atoms with Crippen LogP contribution in [-0.2, 0) is 16.2 Å². The average Bonchev–Trinajstić information content (AvgIpc) is 2.94. The van der Waals surface area contributed by atoms with Crippen molar-refractivity contribution >= 4 is 17.4 Å². The van der Waals surface area contributed by atoms with E-state index in [2.05, 4.69) is 32.3 Å². The second-order valence-electron chi connectivity index (χ2n) is 6.78. The van der Waals surface area contributed by atoms with E-state index in [1.54, 1.807) is 13.1 Å². The normalized spacial score (nSPS) is 24.5. The highest BCUT2D eigenvalue weighted by molar-refractivity contribution is 5.94. The van der Waals surface area contributed by atoms with Crippen LogP contribution in [0.4, 0.5) is 5.82 Å². The molecule has 0 radical (unpaired) electrons. The first-order valence-electron chi connectivity index (χ1n) is 8.35. The van der Waals surface area contributed by atoms with Gasteiger partial charge in [0.25, 0.3) is 5.91 Å². The van der Waals surface area contributed by atoms with E-state index in [4.69, 9.17) is 4.84 Å². The summed E-state index contributed by atoms with van der Waals surface area (Å²) in [5.41, 5.74) is 0.960. The van der Waals surface area contributed by atoms with Gasteiger partial charge in [-0.05, 0) is 27.0 Å². The number of rotatable bonds is 4. The van der Waals surface area contributed by atoms with Crippen LogP contribution in [0.25, 0.3) is 0 Å². The van der Waals surface area contributed by atoms with E-state index in [1.807, 2.05) is 19.1 Å². The summed E-state index contributed by atoms with van der Waals surface area (Å²) in [5, 5.41) is 6.87. The minimum Gasteiger partial charge on any atom is -0.379 e. The molecule has 0 saturated carbocycles. The number of aromatic nitrogens is 1. The molecule has 1 aromatic heterocycles. The molecule has 1 aromatic rings. The summed E-state index contributed by atoms with van der Waals surface area (Å²) in [6, 6.07) is 3.92. The van der Waals surface area contributed by atoms with Gasteiger partial charge in [0.1, 0.15) is 5.82 Å². The van der Waals surface area contributed by atoms with Crippen molar-refractivity contribution in [2.24, 2.45) is 5.16 Å². The van der Waals surface area contributed by atoms with Crippen molar-refractivity contribution in [2.75, 3.05) is 38.1 Å². The number of hydrogen-bond donors (Lipinski definition) is 1. The quantitative estimate of drug-likeness (QED) is 0.891. The van der Waals surface area contributed by atoms with Gasteiger partial charge in [-0.25, -0.2) is 4.98 Å². The minimum absolute atomic E-state index is 0.142. The fraction of sp³-hybridized carbons (Fsp3) is 0.588. The Morgan fingerprint density at radius 2 is 2.12 bits per heavy atom. The van der Waals surface area contributed by atoms with Crippen LogP contribution in [0.1, 0.15) is 25.8 Å². The van der Waals surface area contributed by atoms with Gasteiger partial charge in [-0.3, -0.25) is 4.79 Å². The van der Waals surface area contributed by atoms with Gasteiger partial charge in [0.05, 0.1) is 5.71 Å². The van der Waals surface area contributed by atoms with Crippen LogP contribution in [0.15, 0.2) is 23.5 Å². The van der Waals surface area contributed by atoms with Crippen molar-refractivity contribution in [3.05, 3.63) is 23.9 Å². The molecule has 3 rings (SSSR count). The third-order valence-electron chi connectivity index (χ3n) is 4.59. The lowest BCUT2D eigenvalue weighted by atomic mass is 9.99. The molecule has 2 aliphatic heterocycles. The number of anilines is 1. The number of piperazine rings is 1. The zero-order chi connectivity index (χ0) is 17.2. The second kappa shape index (κ2) is 6.76. The summed E-state index contributed by atoms with van der Waals surface area (Å²) in [6.07, 6.45) is 2.33. The average molecular weight is 331 g/mol. The van der Waals surface area contributed by atoms with Crippen molar-refractivity contribution < 1.29 is 9.63 Å². The number of likely N-dealkylation sites (N-methyl/N-ethyl adjacent to an activating group) is 1. The molecule has 130 valence electrons. The highest BCUT2D eigenvalue weighted by Gasteiger charge is 2.40. The third kappa shape index (κ3) is 3.51. The smallest absolute Gasteiger partial charge is 0.267 e. The van der Waals surface area contributed by atoms with E-state index in [-0.39, 0.29) is 5.91 Å². The number of nitrogens with one attached hydrogen (secondary N) is 1. The summed E-state index contributed by atoms with van der Waals surface area (Å²) in [7, 11) is 2.13. The molecule has 7 nitrogen and oxygen atoms in total. The standard InChI is InChI=1S/C17H25N5O2/c1-13-11-17(2,24-20-13)16(23)19-12-14-5-4-6-18-15(14)22-9-7-21(3)8-10-22/h4-6H,7-12H2,1-3H3,(H,19,23). The highest BCUT2D eigenvalue weighted by Crippen LogP contribution is 2.24. The molecule has 0 aromatic carbocycles. The lowest BCUT2D eigenvalue weighted by Gasteiger charge is -2.34. The first kappa shape index (κ1) is 16.7. The van der Waals surface area contributed by atoms with Crippen LogP contribution in [0, 0.1) is 0 Å². The SMILES string of the molecule is CC1=NOC(C)(C(=O)NCc2cccnc2N2CCN(C)CC2)C1. The number of pyridine rings is 1. The van der Waals surface area contributed by atoms with E-state index in [1.165, 1.54) is 0 Å². The maximum atomic E-state index is 12.5. The molecule has 1 N–H and O–H groups in total. The van der Waals surface area contributed by atoms with Gasteiger partial charge in [0, 0.05) is 50.9 Å². The Bertz CT molecular complexity index is 640. The molecule has 1 saturated heterocycles. The van der Waals surface area contributed by atoms with Crippen molar-refractivity contribution in [3.8, 4) is 0 Å². The molecular formula is C17H25N5O2. The Morgan fingerprint density at radius 3 is 2.79 bits per heavy atom. The Morgan fingerprint density at radius 1 is 1.38 bits per heavy atom. The van der Waals surface area contributed by atoms with Crippen molar-refractivity contribution in [1.82, 2.24) is 15.2 Å². The van der Waals surface area contributed by atoms with Crippen LogP contribution in [-0.4, -0.2) is 60.3 Å². The Labute approximate surface area is 142 Å². The van der Waals surface area contributed by atoms with Crippen molar-refractivity contribution in [1.29, 1.82) is 0 Å². The molecule has 0 bridgehead atoms. The Balaban J connectivity index is 1.64. The predicted molar refractivity (Wildman–Crippen MR) is 93.0 cm³/mol. The van der Waals surface area contributed by atoms with Gasteiger partial charge < -0.3 is 20.0 Å². The molecule has 3 heterocycles. The molecule has 1 amide bonds. The Hall–Kier alpha value is -2.15. The van der Waals surface area contributed by atoms with Gasteiger partial charge >= 0.3 is 0 Å². The zero-order valence-electron chi connectivity index (χ0n) is 14.6. The predicted octanol–water partition coefficient (Wildman–Crippen LogP) is 1.00. The summed E-state index contributed by atoms with van der Waals surface area (Å²) in [4.78, 5) is 26.9.